The molecule has 2 heterocycles. The normalized spacial score (nSPS) is 16.9. The van der Waals surface area contributed by atoms with Gasteiger partial charge in [-0.15, -0.1) is 0 Å². The van der Waals surface area contributed by atoms with E-state index in [0.717, 1.165) is 4.70 Å². The van der Waals surface area contributed by atoms with Crippen LogP contribution in [0.3, 0.4) is 0 Å². The highest BCUT2D eigenvalue weighted by molar-refractivity contribution is 7.22. The molecule has 5 rings (SSSR count). The minimum Gasteiger partial charge on any atom is -0.507 e. The number of aliphatic hydroxyl groups excluding tert-OH is 1. The third kappa shape index (κ3) is 4.65. The summed E-state index contributed by atoms with van der Waals surface area (Å²) in [5.74, 6) is -0.488. The molecule has 0 spiro atoms. The van der Waals surface area contributed by atoms with Gasteiger partial charge in [-0.25, -0.2) is 4.98 Å². The second-order valence-corrected chi connectivity index (χ2v) is 9.68. The average molecular weight is 535 g/mol. The maximum atomic E-state index is 13.4. The molecule has 188 valence electrons. The first-order valence-corrected chi connectivity index (χ1v) is 12.9. The van der Waals surface area contributed by atoms with Crippen molar-refractivity contribution in [1.29, 1.82) is 0 Å². The second-order valence-electron chi connectivity index (χ2n) is 8.24. The van der Waals surface area contributed by atoms with Gasteiger partial charge in [0, 0.05) is 10.6 Å². The van der Waals surface area contributed by atoms with Crippen LogP contribution in [0.1, 0.15) is 31.0 Å². The van der Waals surface area contributed by atoms with E-state index in [2.05, 4.69) is 4.98 Å². The van der Waals surface area contributed by atoms with Crippen molar-refractivity contribution < 1.29 is 24.2 Å². The Morgan fingerprint density at radius 2 is 1.62 bits per heavy atom. The number of benzene rings is 3. The van der Waals surface area contributed by atoms with Crippen molar-refractivity contribution in [2.45, 2.75) is 19.9 Å². The highest BCUT2D eigenvalue weighted by Crippen LogP contribution is 2.45. The number of carbonyl (C=O) groups excluding carboxylic acids is 2. The standard InChI is InChI=1S/C28H23ClN2O5S/c1-3-35-19-11-7-16(8-12-19)24-23(25(32)17-5-9-18(29)10-6-17)26(33)27(34)31(24)28-30-21-14-13-20(36-4-2)15-22(21)37-28/h5-15,24,32H,3-4H2,1-2H3/t24-/m0/s1. The van der Waals surface area contributed by atoms with E-state index in [1.54, 1.807) is 48.5 Å². The van der Waals surface area contributed by atoms with Gasteiger partial charge in [0.05, 0.1) is 35.0 Å². The summed E-state index contributed by atoms with van der Waals surface area (Å²) < 4.78 is 12.0. The van der Waals surface area contributed by atoms with Gasteiger partial charge in [0.1, 0.15) is 17.3 Å². The predicted molar refractivity (Wildman–Crippen MR) is 145 cm³/mol. The van der Waals surface area contributed by atoms with Crippen LogP contribution in [0.5, 0.6) is 11.5 Å². The fraction of sp³-hybridized carbons (Fsp3) is 0.179. The number of aromatic nitrogens is 1. The second kappa shape index (κ2) is 10.2. The van der Waals surface area contributed by atoms with Gasteiger partial charge in [-0.1, -0.05) is 35.1 Å². The third-order valence-corrected chi connectivity index (χ3v) is 7.20. The lowest BCUT2D eigenvalue weighted by atomic mass is 9.95. The van der Waals surface area contributed by atoms with Gasteiger partial charge in [-0.05, 0) is 74.0 Å². The topological polar surface area (TPSA) is 89.0 Å². The Morgan fingerprint density at radius 3 is 2.30 bits per heavy atom. The minimum absolute atomic E-state index is 0.0225. The number of ether oxygens (including phenoxy) is 2. The SMILES string of the molecule is CCOc1ccc([C@H]2C(=C(O)c3ccc(Cl)cc3)C(=O)C(=O)N2c2nc3ccc(OCC)cc3s2)cc1. The number of fused-ring (bicyclic) bond motifs is 1. The zero-order chi connectivity index (χ0) is 26.1. The molecule has 1 N–H and O–H groups in total. The zero-order valence-corrected chi connectivity index (χ0v) is 21.7. The van der Waals surface area contributed by atoms with Gasteiger partial charge < -0.3 is 14.6 Å². The summed E-state index contributed by atoms with van der Waals surface area (Å²) in [5.41, 5.74) is 1.66. The fourth-order valence-corrected chi connectivity index (χ4v) is 5.42. The molecular weight excluding hydrogens is 512 g/mol. The molecule has 0 bridgehead atoms. The first kappa shape index (κ1) is 24.8. The summed E-state index contributed by atoms with van der Waals surface area (Å²) in [7, 11) is 0. The lowest BCUT2D eigenvalue weighted by molar-refractivity contribution is -0.132. The number of hydrogen-bond acceptors (Lipinski definition) is 7. The van der Waals surface area contributed by atoms with Crippen LogP contribution in [-0.2, 0) is 9.59 Å². The molecule has 1 fully saturated rings. The van der Waals surface area contributed by atoms with E-state index in [0.29, 0.717) is 51.5 Å². The van der Waals surface area contributed by atoms with E-state index in [1.807, 2.05) is 32.0 Å². The lowest BCUT2D eigenvalue weighted by Gasteiger charge is -2.23. The van der Waals surface area contributed by atoms with E-state index in [9.17, 15) is 14.7 Å². The molecule has 37 heavy (non-hydrogen) atoms. The van der Waals surface area contributed by atoms with E-state index < -0.39 is 17.7 Å². The van der Waals surface area contributed by atoms with Gasteiger partial charge in [0.25, 0.3) is 5.78 Å². The Kier molecular flexibility index (Phi) is 6.86. The molecule has 7 nitrogen and oxygen atoms in total. The number of anilines is 1. The van der Waals surface area contributed by atoms with Crippen molar-refractivity contribution in [3.63, 3.8) is 0 Å². The highest BCUT2D eigenvalue weighted by atomic mass is 35.5. The molecule has 1 saturated heterocycles. The number of ketones is 1. The Hall–Kier alpha value is -3.88. The molecule has 1 aliphatic heterocycles. The molecular formula is C28H23ClN2O5S. The molecule has 9 heteroatoms. The molecule has 1 amide bonds. The molecule has 1 aromatic heterocycles. The van der Waals surface area contributed by atoms with Crippen LogP contribution in [-0.4, -0.2) is 35.0 Å². The molecule has 3 aromatic carbocycles. The smallest absolute Gasteiger partial charge is 0.301 e. The summed E-state index contributed by atoms with van der Waals surface area (Å²) >= 11 is 7.29. The third-order valence-electron chi connectivity index (χ3n) is 5.93. The van der Waals surface area contributed by atoms with Crippen LogP contribution in [0.25, 0.3) is 16.0 Å². The Morgan fingerprint density at radius 1 is 0.973 bits per heavy atom. The molecule has 0 saturated carbocycles. The van der Waals surface area contributed by atoms with Crippen molar-refractivity contribution in [2.75, 3.05) is 18.1 Å². The number of thiazole rings is 1. The fourth-order valence-electron chi connectivity index (χ4n) is 4.27. The Balaban J connectivity index is 1.67. The van der Waals surface area contributed by atoms with Crippen molar-refractivity contribution in [2.24, 2.45) is 0 Å². The van der Waals surface area contributed by atoms with Crippen LogP contribution in [0.4, 0.5) is 5.13 Å². The maximum absolute atomic E-state index is 13.4. The first-order chi connectivity index (χ1) is 17.9. The average Bonchev–Trinajstić information content (AvgIpc) is 3.43. The molecule has 1 aliphatic rings. The van der Waals surface area contributed by atoms with Crippen LogP contribution < -0.4 is 14.4 Å². The van der Waals surface area contributed by atoms with Crippen molar-refractivity contribution in [3.8, 4) is 11.5 Å². The number of aliphatic hydroxyl groups is 1. The number of Topliss-reactive ketones (excluding diaryl/α,β-unsaturated/α-hetero) is 1. The van der Waals surface area contributed by atoms with E-state index in [-0.39, 0.29) is 11.3 Å². The van der Waals surface area contributed by atoms with Crippen molar-refractivity contribution in [3.05, 3.63) is 88.5 Å². The molecule has 4 aromatic rings. The molecule has 1 atom stereocenters. The number of nitrogens with zero attached hydrogens (tertiary/aromatic N) is 2. The summed E-state index contributed by atoms with van der Waals surface area (Å²) in [6.45, 7) is 4.82. The van der Waals surface area contributed by atoms with Crippen LogP contribution in [0.15, 0.2) is 72.3 Å². The van der Waals surface area contributed by atoms with Gasteiger partial charge >= 0.3 is 5.91 Å². The van der Waals surface area contributed by atoms with E-state index in [1.165, 1.54) is 16.2 Å². The maximum Gasteiger partial charge on any atom is 0.301 e. The zero-order valence-electron chi connectivity index (χ0n) is 20.1. The number of amides is 1. The largest absolute Gasteiger partial charge is 0.507 e. The summed E-state index contributed by atoms with van der Waals surface area (Å²) in [4.78, 5) is 32.8. The van der Waals surface area contributed by atoms with Gasteiger partial charge in [-0.2, -0.15) is 0 Å². The van der Waals surface area contributed by atoms with Crippen LogP contribution in [0.2, 0.25) is 5.02 Å². The van der Waals surface area contributed by atoms with Crippen molar-refractivity contribution >= 4 is 55.7 Å². The van der Waals surface area contributed by atoms with Crippen LogP contribution >= 0.6 is 22.9 Å². The van der Waals surface area contributed by atoms with Gasteiger partial charge in [0.15, 0.2) is 5.13 Å². The number of hydrogen-bond donors (Lipinski definition) is 1. The van der Waals surface area contributed by atoms with Crippen LogP contribution in [0, 0.1) is 0 Å². The minimum atomic E-state index is -0.890. The number of halogens is 1. The van der Waals surface area contributed by atoms with E-state index >= 15 is 0 Å². The molecule has 0 radical (unpaired) electrons. The quantitative estimate of drug-likeness (QED) is 0.168. The van der Waals surface area contributed by atoms with Gasteiger partial charge in [-0.3, -0.25) is 14.5 Å². The Labute approximate surface area is 222 Å². The predicted octanol–water partition coefficient (Wildman–Crippen LogP) is 6.37. The summed E-state index contributed by atoms with van der Waals surface area (Å²) in [6, 6.07) is 18.1. The number of rotatable bonds is 7. The first-order valence-electron chi connectivity index (χ1n) is 11.7. The highest BCUT2D eigenvalue weighted by Gasteiger charge is 2.48. The summed E-state index contributed by atoms with van der Waals surface area (Å²) in [6.07, 6.45) is 0. The summed E-state index contributed by atoms with van der Waals surface area (Å²) in [5, 5.41) is 12.1. The lowest BCUT2D eigenvalue weighted by Crippen LogP contribution is -2.29. The van der Waals surface area contributed by atoms with Gasteiger partial charge in [0.2, 0.25) is 0 Å². The monoisotopic (exact) mass is 534 g/mol. The Bertz CT molecular complexity index is 1510. The molecule has 0 unspecified atom stereocenters. The van der Waals surface area contributed by atoms with Crippen molar-refractivity contribution in [1.82, 2.24) is 4.98 Å². The number of carbonyl (C=O) groups is 2. The molecule has 0 aliphatic carbocycles. The van der Waals surface area contributed by atoms with E-state index in [4.69, 9.17) is 21.1 Å².